The summed E-state index contributed by atoms with van der Waals surface area (Å²) in [6.07, 6.45) is 3.57. The van der Waals surface area contributed by atoms with E-state index in [-0.39, 0.29) is 12.8 Å². The molecule has 0 aromatic heterocycles. The Morgan fingerprint density at radius 1 is 0.681 bits per heavy atom. The van der Waals surface area contributed by atoms with Crippen LogP contribution in [0.15, 0.2) is 5.11 Å². The number of phosphoric acid groups is 6. The van der Waals surface area contributed by atoms with Crippen molar-refractivity contribution in [3.8, 4) is 0 Å². The van der Waals surface area contributed by atoms with Crippen molar-refractivity contribution in [1.29, 1.82) is 0 Å². The minimum atomic E-state index is -6.80. The number of aliphatic hydroxyl groups is 1. The highest BCUT2D eigenvalue weighted by molar-refractivity contribution is 7.71. The standard InChI is InChI=1S/C17H39N3O21P6/c1-15-13-16(21)17(36-15)14-35-43(24,25)38-45(28,29)40-47(32,33)41-46(30,31)39-44(26,27)37-42(22,23)34-12-10-8-6-4-2-3-5-7-9-11-19-20-18/h15-17,21H,2-14H2,1H3,(H,22,23)(H,24,25)(H,26,27)(H,28,29)(H,30,31)(H,32,33)/p-6. The van der Waals surface area contributed by atoms with Gasteiger partial charge in [0.2, 0.25) is 0 Å². The largest absolute Gasteiger partial charge is 0.756 e. The number of azide groups is 1. The normalized spacial score (nSPS) is 26.1. The molecule has 0 amide bonds. The maximum absolute atomic E-state index is 11.8. The van der Waals surface area contributed by atoms with Gasteiger partial charge in [-0.05, 0) is 25.3 Å². The third-order valence-corrected chi connectivity index (χ3v) is 14.5. The van der Waals surface area contributed by atoms with E-state index in [0.717, 1.165) is 38.5 Å². The first-order valence-corrected chi connectivity index (χ1v) is 22.3. The number of hydrogen-bond donors (Lipinski definition) is 1. The molecule has 0 aromatic rings. The number of phosphoric ester groups is 2. The van der Waals surface area contributed by atoms with Crippen molar-refractivity contribution in [2.45, 2.75) is 89.4 Å². The number of ether oxygens (including phenoxy) is 1. The van der Waals surface area contributed by atoms with Crippen molar-refractivity contribution in [2.75, 3.05) is 19.8 Å². The van der Waals surface area contributed by atoms with Crippen molar-refractivity contribution in [3.05, 3.63) is 10.4 Å². The van der Waals surface area contributed by atoms with Crippen molar-refractivity contribution >= 4 is 46.9 Å². The van der Waals surface area contributed by atoms with Crippen LogP contribution in [0.1, 0.15) is 71.1 Å². The van der Waals surface area contributed by atoms with Crippen molar-refractivity contribution < 1.29 is 97.2 Å². The van der Waals surface area contributed by atoms with E-state index in [1.807, 2.05) is 0 Å². The minimum Gasteiger partial charge on any atom is -0.756 e. The summed E-state index contributed by atoms with van der Waals surface area (Å²) in [5.41, 5.74) is 8.18. The highest BCUT2D eigenvalue weighted by atomic mass is 31.3. The summed E-state index contributed by atoms with van der Waals surface area (Å²) in [7, 11) is -38.5. The summed E-state index contributed by atoms with van der Waals surface area (Å²) in [5.74, 6) is 0. The summed E-state index contributed by atoms with van der Waals surface area (Å²) in [6, 6.07) is 0. The molecule has 9 atom stereocenters. The van der Waals surface area contributed by atoms with Crippen LogP contribution in [-0.4, -0.2) is 43.2 Å². The molecule has 24 nitrogen and oxygen atoms in total. The highest BCUT2D eigenvalue weighted by Gasteiger charge is 2.35. The maximum atomic E-state index is 11.8. The number of nitrogens with zero attached hydrogens (tertiary/aromatic N) is 3. The van der Waals surface area contributed by atoms with Crippen molar-refractivity contribution in [1.82, 2.24) is 0 Å². The topological polar surface area (TPSA) is 384 Å². The van der Waals surface area contributed by atoms with Crippen LogP contribution >= 0.6 is 46.9 Å². The Morgan fingerprint density at radius 2 is 1.06 bits per heavy atom. The summed E-state index contributed by atoms with van der Waals surface area (Å²) in [4.78, 5) is 73.0. The minimum absolute atomic E-state index is 0.0712. The Hall–Kier alpha value is 0.0900. The second kappa shape index (κ2) is 20.2. The van der Waals surface area contributed by atoms with E-state index in [1.54, 1.807) is 0 Å². The second-order valence-corrected chi connectivity index (χ2v) is 18.8. The molecule has 1 fully saturated rings. The van der Waals surface area contributed by atoms with E-state index in [9.17, 15) is 61.9 Å². The molecule has 0 aliphatic carbocycles. The average Bonchev–Trinajstić information content (AvgIpc) is 3.18. The first-order valence-electron chi connectivity index (χ1n) is 13.5. The lowest BCUT2D eigenvalue weighted by atomic mass is 10.1. The summed E-state index contributed by atoms with van der Waals surface area (Å²) in [6.45, 7) is 0.366. The zero-order valence-electron chi connectivity index (χ0n) is 24.6. The van der Waals surface area contributed by atoms with Gasteiger partial charge >= 0.3 is 0 Å². The van der Waals surface area contributed by atoms with Gasteiger partial charge < -0.3 is 48.3 Å². The fourth-order valence-corrected chi connectivity index (χ4v) is 11.2. The molecule has 1 N–H and O–H groups in total. The molecule has 1 saturated heterocycles. The predicted octanol–water partition coefficient (Wildman–Crippen LogP) is 1.27. The molecule has 9 unspecified atom stereocenters. The van der Waals surface area contributed by atoms with Gasteiger partial charge in [-0.25, -0.2) is 21.6 Å². The maximum Gasteiger partial charge on any atom is 0.280 e. The third kappa shape index (κ3) is 21.8. The highest BCUT2D eigenvalue weighted by Crippen LogP contribution is 2.70. The lowest BCUT2D eigenvalue weighted by molar-refractivity contribution is -0.256. The van der Waals surface area contributed by atoms with Gasteiger partial charge in [0.1, 0.15) is 6.10 Å². The monoisotopic (exact) mass is 801 g/mol. The summed E-state index contributed by atoms with van der Waals surface area (Å²) >= 11 is 0. The van der Waals surface area contributed by atoms with Crippen LogP contribution in [-0.2, 0) is 62.7 Å². The Labute approximate surface area is 268 Å². The van der Waals surface area contributed by atoms with Crippen LogP contribution in [0.25, 0.3) is 10.4 Å². The van der Waals surface area contributed by atoms with Crippen LogP contribution in [0.4, 0.5) is 0 Å². The van der Waals surface area contributed by atoms with Gasteiger partial charge in [0.25, 0.3) is 46.9 Å². The second-order valence-electron chi connectivity index (χ2n) is 9.65. The molecule has 0 spiro atoms. The summed E-state index contributed by atoms with van der Waals surface area (Å²) < 4.78 is 101. The molecule has 1 aliphatic rings. The SMILES string of the molecule is CC1CC(O)C(COP(=O)([O-])OP(=O)([O-])OP(=O)([O-])OP(=O)([O-])OP(=O)([O-])OP(=O)([O-])OCCCCCCCCCCCN=[N+]=[N-])O1. The zero-order chi connectivity index (χ0) is 36.0. The van der Waals surface area contributed by atoms with Crippen LogP contribution in [0.2, 0.25) is 0 Å². The molecule has 0 aromatic carbocycles. The number of unbranched alkanes of at least 4 members (excludes halogenated alkanes) is 8. The van der Waals surface area contributed by atoms with Gasteiger partial charge in [-0.15, -0.1) is 0 Å². The van der Waals surface area contributed by atoms with Gasteiger partial charge in [0.15, 0.2) is 0 Å². The van der Waals surface area contributed by atoms with E-state index in [0.29, 0.717) is 19.4 Å². The van der Waals surface area contributed by atoms with E-state index in [1.165, 1.54) is 6.92 Å². The summed E-state index contributed by atoms with van der Waals surface area (Å²) in [5, 5.41) is 13.1. The van der Waals surface area contributed by atoms with E-state index >= 15 is 0 Å². The van der Waals surface area contributed by atoms with Crippen LogP contribution in [0.3, 0.4) is 0 Å². The molecular weight excluding hydrogens is 768 g/mol. The van der Waals surface area contributed by atoms with E-state index < -0.39 is 78.5 Å². The average molecular weight is 801 g/mol. The molecule has 0 saturated carbocycles. The molecule has 1 rings (SSSR count). The van der Waals surface area contributed by atoms with Crippen molar-refractivity contribution in [3.63, 3.8) is 0 Å². The third-order valence-electron chi connectivity index (χ3n) is 5.52. The van der Waals surface area contributed by atoms with Gasteiger partial charge in [-0.2, -0.15) is 0 Å². The Kier molecular flexibility index (Phi) is 19.4. The van der Waals surface area contributed by atoms with E-state index in [2.05, 4.69) is 40.6 Å². The van der Waals surface area contributed by atoms with Gasteiger partial charge in [0, 0.05) is 17.9 Å². The molecule has 0 bridgehead atoms. The Bertz CT molecular complexity index is 1330. The van der Waals surface area contributed by atoms with Gasteiger partial charge in [-0.1, -0.05) is 50.1 Å². The lowest BCUT2D eigenvalue weighted by Gasteiger charge is -2.38. The molecular formula is C17H33N3O21P6-6. The van der Waals surface area contributed by atoms with E-state index in [4.69, 9.17) is 10.3 Å². The quantitative estimate of drug-likeness (QED) is 0.0423. The van der Waals surface area contributed by atoms with Crippen LogP contribution in [0.5, 0.6) is 0 Å². The van der Waals surface area contributed by atoms with Crippen molar-refractivity contribution in [2.24, 2.45) is 5.11 Å². The molecule has 1 aliphatic heterocycles. The smallest absolute Gasteiger partial charge is 0.280 e. The first kappa shape index (κ1) is 45.1. The van der Waals surface area contributed by atoms with Gasteiger partial charge in [0.05, 0.1) is 25.4 Å². The van der Waals surface area contributed by atoms with Crippen LogP contribution < -0.4 is 29.4 Å². The van der Waals surface area contributed by atoms with Gasteiger partial charge in [-0.3, -0.25) is 27.4 Å². The molecule has 1 heterocycles. The first-order chi connectivity index (χ1) is 21.5. The molecule has 30 heteroatoms. The fourth-order valence-electron chi connectivity index (χ4n) is 3.71. The number of aliphatic hydroxyl groups excluding tert-OH is 1. The lowest BCUT2D eigenvalue weighted by Crippen LogP contribution is -2.27. The van der Waals surface area contributed by atoms with Crippen LogP contribution in [0, 0.1) is 0 Å². The predicted molar refractivity (Wildman–Crippen MR) is 143 cm³/mol. The number of hydrogen-bond acceptors (Lipinski definition) is 22. The molecule has 47 heavy (non-hydrogen) atoms. The number of rotatable bonds is 26. The Morgan fingerprint density at radius 3 is 1.47 bits per heavy atom. The molecule has 278 valence electrons. The Balaban J connectivity index is 2.48. The molecule has 0 radical (unpaired) electrons. The fraction of sp³-hybridized carbons (Fsp3) is 1.00. The zero-order valence-corrected chi connectivity index (χ0v) is 29.9.